The van der Waals surface area contributed by atoms with E-state index in [0.717, 1.165) is 38.5 Å². The fourth-order valence-corrected chi connectivity index (χ4v) is 3.41. The van der Waals surface area contributed by atoms with Gasteiger partial charge in [0.15, 0.2) is 0 Å². The molecule has 5 nitrogen and oxygen atoms in total. The van der Waals surface area contributed by atoms with Gasteiger partial charge in [0.25, 0.3) is 0 Å². The average molecular weight is 325 g/mol. The van der Waals surface area contributed by atoms with Crippen LogP contribution in [0.1, 0.15) is 65.7 Å². The Labute approximate surface area is 139 Å². The van der Waals surface area contributed by atoms with Crippen molar-refractivity contribution in [2.75, 3.05) is 6.61 Å². The van der Waals surface area contributed by atoms with Gasteiger partial charge in [-0.2, -0.15) is 0 Å². The molecule has 2 aliphatic carbocycles. The molecule has 0 atom stereocenters. The van der Waals surface area contributed by atoms with Gasteiger partial charge in [0, 0.05) is 18.4 Å². The second-order valence-corrected chi connectivity index (χ2v) is 7.25. The Morgan fingerprint density at radius 1 is 1.09 bits per heavy atom. The minimum Gasteiger partial charge on any atom is -0.378 e. The van der Waals surface area contributed by atoms with Crippen molar-refractivity contribution >= 4 is 11.7 Å². The lowest BCUT2D eigenvalue weighted by Gasteiger charge is -2.34. The third-order valence-corrected chi connectivity index (χ3v) is 4.85. The SMILES string of the molecule is CC(=O)[C@H]1C[C@H](NC(=O)CCO[C@H]2CC[C@@H](OC(C)C)CC2)C1. The van der Waals surface area contributed by atoms with Gasteiger partial charge < -0.3 is 14.8 Å². The van der Waals surface area contributed by atoms with Crippen LogP contribution in [0.25, 0.3) is 0 Å². The number of ether oxygens (including phenoxy) is 2. The van der Waals surface area contributed by atoms with E-state index in [9.17, 15) is 9.59 Å². The predicted octanol–water partition coefficient (Wildman–Crippen LogP) is 2.61. The number of amides is 1. The van der Waals surface area contributed by atoms with Crippen molar-refractivity contribution in [2.45, 2.75) is 90.1 Å². The van der Waals surface area contributed by atoms with Crippen LogP contribution in [0.4, 0.5) is 0 Å². The Bertz CT molecular complexity index is 396. The standard InChI is InChI=1S/C18H31NO4/c1-12(2)23-17-6-4-16(5-7-17)22-9-8-18(21)19-15-10-14(11-15)13(3)20/h12,14-17H,4-11H2,1-3H3,(H,19,21)/t14-,15-,16-,17+. The number of hydrogen-bond donors (Lipinski definition) is 1. The Kier molecular flexibility index (Phi) is 7.03. The molecule has 132 valence electrons. The number of hydrogen-bond acceptors (Lipinski definition) is 4. The van der Waals surface area contributed by atoms with Crippen LogP contribution in [-0.2, 0) is 19.1 Å². The van der Waals surface area contributed by atoms with E-state index >= 15 is 0 Å². The highest BCUT2D eigenvalue weighted by atomic mass is 16.5. The normalized spacial score (nSPS) is 30.8. The number of carbonyl (C=O) groups is 2. The molecule has 1 N–H and O–H groups in total. The first-order valence-electron chi connectivity index (χ1n) is 9.01. The summed E-state index contributed by atoms with van der Waals surface area (Å²) in [4.78, 5) is 23.0. The van der Waals surface area contributed by atoms with E-state index in [1.54, 1.807) is 6.92 Å². The second-order valence-electron chi connectivity index (χ2n) is 7.25. The fourth-order valence-electron chi connectivity index (χ4n) is 3.41. The Morgan fingerprint density at radius 3 is 2.26 bits per heavy atom. The number of Topliss-reactive ketones (excluding diaryl/α,β-unsaturated/α-hetero) is 1. The highest BCUT2D eigenvalue weighted by Gasteiger charge is 2.33. The van der Waals surface area contributed by atoms with Crippen LogP contribution in [0.15, 0.2) is 0 Å². The van der Waals surface area contributed by atoms with Crippen LogP contribution in [0.3, 0.4) is 0 Å². The zero-order chi connectivity index (χ0) is 16.8. The minimum atomic E-state index is 0.0360. The molecule has 2 rings (SSSR count). The molecule has 5 heteroatoms. The minimum absolute atomic E-state index is 0.0360. The van der Waals surface area contributed by atoms with Crippen LogP contribution in [0.2, 0.25) is 0 Å². The first-order valence-corrected chi connectivity index (χ1v) is 9.01. The van der Waals surface area contributed by atoms with Gasteiger partial charge >= 0.3 is 0 Å². The quantitative estimate of drug-likeness (QED) is 0.745. The highest BCUT2D eigenvalue weighted by molar-refractivity contribution is 5.80. The van der Waals surface area contributed by atoms with Gasteiger partial charge in [-0.25, -0.2) is 0 Å². The van der Waals surface area contributed by atoms with Gasteiger partial charge in [0.2, 0.25) is 5.91 Å². The molecule has 0 aromatic carbocycles. The van der Waals surface area contributed by atoms with E-state index in [-0.39, 0.29) is 35.9 Å². The molecule has 1 amide bonds. The summed E-state index contributed by atoms with van der Waals surface area (Å²) in [7, 11) is 0. The monoisotopic (exact) mass is 325 g/mol. The maximum Gasteiger partial charge on any atom is 0.222 e. The summed E-state index contributed by atoms with van der Waals surface area (Å²) in [5, 5.41) is 2.98. The molecule has 0 spiro atoms. The number of nitrogens with one attached hydrogen (secondary N) is 1. The molecule has 23 heavy (non-hydrogen) atoms. The summed E-state index contributed by atoms with van der Waals surface area (Å²) in [6.07, 6.45) is 7.03. The molecule has 0 radical (unpaired) electrons. The molecular formula is C18H31NO4. The third-order valence-electron chi connectivity index (χ3n) is 4.85. The first-order chi connectivity index (χ1) is 10.9. The van der Waals surface area contributed by atoms with Crippen LogP contribution in [0, 0.1) is 5.92 Å². The smallest absolute Gasteiger partial charge is 0.222 e. The number of carbonyl (C=O) groups excluding carboxylic acids is 2. The molecule has 2 fully saturated rings. The van der Waals surface area contributed by atoms with Crippen molar-refractivity contribution in [3.63, 3.8) is 0 Å². The van der Waals surface area contributed by atoms with Crippen molar-refractivity contribution in [3.05, 3.63) is 0 Å². The summed E-state index contributed by atoms with van der Waals surface area (Å²) in [6.45, 7) is 6.25. The van der Waals surface area contributed by atoms with Gasteiger partial charge in [0.1, 0.15) is 5.78 Å². The van der Waals surface area contributed by atoms with E-state index in [1.165, 1.54) is 0 Å². The largest absolute Gasteiger partial charge is 0.378 e. The number of ketones is 1. The van der Waals surface area contributed by atoms with Crippen molar-refractivity contribution in [1.29, 1.82) is 0 Å². The molecule has 2 saturated carbocycles. The van der Waals surface area contributed by atoms with Crippen molar-refractivity contribution in [3.8, 4) is 0 Å². The third kappa shape index (κ3) is 6.22. The molecule has 0 bridgehead atoms. The lowest BCUT2D eigenvalue weighted by Crippen LogP contribution is -2.46. The molecule has 0 heterocycles. The summed E-state index contributed by atoms with van der Waals surface area (Å²) in [5.74, 6) is 0.421. The van der Waals surface area contributed by atoms with Crippen LogP contribution >= 0.6 is 0 Å². The summed E-state index contributed by atoms with van der Waals surface area (Å²) >= 11 is 0. The molecule has 0 aromatic rings. The van der Waals surface area contributed by atoms with E-state index < -0.39 is 0 Å². The molecule has 0 saturated heterocycles. The van der Waals surface area contributed by atoms with Crippen LogP contribution in [-0.4, -0.2) is 42.7 Å². The number of rotatable bonds is 8. The highest BCUT2D eigenvalue weighted by Crippen LogP contribution is 2.28. The Hall–Kier alpha value is -0.940. The van der Waals surface area contributed by atoms with Gasteiger partial charge in [-0.1, -0.05) is 0 Å². The predicted molar refractivity (Wildman–Crippen MR) is 88.2 cm³/mol. The molecule has 0 aromatic heterocycles. The first kappa shape index (κ1) is 18.4. The fraction of sp³-hybridized carbons (Fsp3) is 0.889. The molecular weight excluding hydrogens is 294 g/mol. The maximum atomic E-state index is 11.8. The maximum absolute atomic E-state index is 11.8. The summed E-state index contributed by atoms with van der Waals surface area (Å²) in [5.41, 5.74) is 0. The van der Waals surface area contributed by atoms with Gasteiger partial charge in [-0.3, -0.25) is 9.59 Å². The zero-order valence-corrected chi connectivity index (χ0v) is 14.7. The topological polar surface area (TPSA) is 64.6 Å². The molecule has 2 aliphatic rings. The second kappa shape index (κ2) is 8.78. The van der Waals surface area contributed by atoms with E-state index in [4.69, 9.17) is 9.47 Å². The van der Waals surface area contributed by atoms with E-state index in [1.807, 2.05) is 0 Å². The lowest BCUT2D eigenvalue weighted by atomic mass is 9.78. The van der Waals surface area contributed by atoms with Crippen molar-refractivity contribution in [1.82, 2.24) is 5.32 Å². The van der Waals surface area contributed by atoms with Gasteiger partial charge in [-0.05, 0) is 59.3 Å². The van der Waals surface area contributed by atoms with Gasteiger partial charge in [-0.15, -0.1) is 0 Å². The lowest BCUT2D eigenvalue weighted by molar-refractivity contribution is -0.128. The van der Waals surface area contributed by atoms with Crippen molar-refractivity contribution < 1.29 is 19.1 Å². The van der Waals surface area contributed by atoms with E-state index in [2.05, 4.69) is 19.2 Å². The van der Waals surface area contributed by atoms with Crippen LogP contribution in [0.5, 0.6) is 0 Å². The Morgan fingerprint density at radius 2 is 1.70 bits per heavy atom. The zero-order valence-electron chi connectivity index (χ0n) is 14.7. The average Bonchev–Trinajstić information content (AvgIpc) is 2.43. The van der Waals surface area contributed by atoms with Gasteiger partial charge in [0.05, 0.1) is 24.9 Å². The summed E-state index contributed by atoms with van der Waals surface area (Å²) < 4.78 is 11.7. The van der Waals surface area contributed by atoms with Crippen molar-refractivity contribution in [2.24, 2.45) is 5.92 Å². The van der Waals surface area contributed by atoms with E-state index in [0.29, 0.717) is 19.1 Å². The summed E-state index contributed by atoms with van der Waals surface area (Å²) in [6, 6.07) is 0.181. The Balaban J connectivity index is 1.51. The molecule has 0 unspecified atom stereocenters. The molecule has 0 aliphatic heterocycles. The van der Waals surface area contributed by atoms with Crippen LogP contribution < -0.4 is 5.32 Å².